The Hall–Kier alpha value is -2.65. The van der Waals surface area contributed by atoms with E-state index in [4.69, 9.17) is 27.9 Å². The first-order chi connectivity index (χ1) is 16.3. The average Bonchev–Trinajstić information content (AvgIpc) is 3.26. The lowest BCUT2D eigenvalue weighted by Gasteiger charge is -2.43. The molecule has 2 aliphatic rings. The Balaban J connectivity index is 1.55. The summed E-state index contributed by atoms with van der Waals surface area (Å²) in [4.78, 5) is 13.2. The van der Waals surface area contributed by atoms with Crippen LogP contribution in [-0.2, 0) is 26.0 Å². The Morgan fingerprint density at radius 3 is 2.59 bits per heavy atom. The summed E-state index contributed by atoms with van der Waals surface area (Å²) in [5.74, 6) is -0.467. The smallest absolute Gasteiger partial charge is 0.317 e. The van der Waals surface area contributed by atoms with Crippen molar-refractivity contribution in [2.24, 2.45) is 5.41 Å². The average molecular weight is 518 g/mol. The standard InChI is InChI=1S/C24H21Cl2N3O4S/c1-33-23(30)24-13-16-14-27-29(18-5-3-2-4-6-18)22(16)11-17(24)9-10-28(15-24)34(31,32)19-7-8-20(25)21(26)12-19/h2-8,11-12,14H,9-10,13,15H2,1H3. The lowest BCUT2D eigenvalue weighted by Crippen LogP contribution is -2.53. The van der Waals surface area contributed by atoms with E-state index in [1.807, 2.05) is 41.1 Å². The summed E-state index contributed by atoms with van der Waals surface area (Å²) in [5.41, 5.74) is 2.36. The number of para-hydroxylation sites is 1. The fourth-order valence-corrected chi connectivity index (χ4v) is 6.64. The zero-order chi connectivity index (χ0) is 24.1. The van der Waals surface area contributed by atoms with Crippen LogP contribution in [0.1, 0.15) is 17.7 Å². The minimum Gasteiger partial charge on any atom is -0.468 e. The van der Waals surface area contributed by atoms with Gasteiger partial charge in [0.1, 0.15) is 5.41 Å². The number of carbonyl (C=O) groups excluding carboxylic acids is 1. The lowest BCUT2D eigenvalue weighted by molar-refractivity contribution is -0.151. The lowest BCUT2D eigenvalue weighted by atomic mass is 9.69. The van der Waals surface area contributed by atoms with Gasteiger partial charge in [0.25, 0.3) is 0 Å². The maximum absolute atomic E-state index is 13.4. The molecule has 2 aromatic carbocycles. The third kappa shape index (κ3) is 3.65. The highest BCUT2D eigenvalue weighted by molar-refractivity contribution is 7.89. The molecule has 1 aromatic heterocycles. The second-order valence-corrected chi connectivity index (χ2v) is 11.1. The number of hydrogen-bond donors (Lipinski definition) is 0. The van der Waals surface area contributed by atoms with Crippen LogP contribution in [-0.4, -0.2) is 48.7 Å². The van der Waals surface area contributed by atoms with Gasteiger partial charge in [-0.05, 0) is 60.4 Å². The van der Waals surface area contributed by atoms with E-state index in [0.717, 1.165) is 22.5 Å². The minimum absolute atomic E-state index is 0.0303. The topological polar surface area (TPSA) is 81.5 Å². The number of fused-ring (bicyclic) bond motifs is 2. The molecule has 1 fully saturated rings. The Morgan fingerprint density at radius 2 is 1.88 bits per heavy atom. The number of rotatable bonds is 4. The molecule has 0 bridgehead atoms. The van der Waals surface area contributed by atoms with E-state index in [0.29, 0.717) is 12.8 Å². The number of esters is 1. The summed E-state index contributed by atoms with van der Waals surface area (Å²) in [6.07, 6.45) is 4.36. The molecule has 0 saturated carbocycles. The zero-order valence-corrected chi connectivity index (χ0v) is 20.6. The molecule has 7 nitrogen and oxygen atoms in total. The summed E-state index contributed by atoms with van der Waals surface area (Å²) in [5, 5.41) is 4.96. The van der Waals surface area contributed by atoms with E-state index in [1.165, 1.54) is 29.6 Å². The van der Waals surface area contributed by atoms with Crippen molar-refractivity contribution < 1.29 is 17.9 Å². The molecule has 2 heterocycles. The van der Waals surface area contributed by atoms with Crippen LogP contribution in [0, 0.1) is 5.41 Å². The highest BCUT2D eigenvalue weighted by Gasteiger charge is 2.51. The molecule has 0 N–H and O–H groups in total. The second kappa shape index (κ2) is 8.53. The number of ether oxygens (including phenoxy) is 1. The highest BCUT2D eigenvalue weighted by Crippen LogP contribution is 2.46. The summed E-state index contributed by atoms with van der Waals surface area (Å²) < 4.78 is 35.3. The molecule has 10 heteroatoms. The van der Waals surface area contributed by atoms with Crippen LogP contribution < -0.4 is 0 Å². The van der Waals surface area contributed by atoms with Crippen molar-refractivity contribution in [3.8, 4) is 5.69 Å². The van der Waals surface area contributed by atoms with Gasteiger partial charge in [-0.25, -0.2) is 13.1 Å². The SMILES string of the molecule is COC(=O)C12Cc3cnn(-c4ccccc4)c3C=C1CCN(S(=O)(=O)c1ccc(Cl)c(Cl)c1)C2. The summed E-state index contributed by atoms with van der Waals surface area (Å²) in [6, 6.07) is 13.9. The first kappa shape index (κ1) is 23.1. The molecular formula is C24H21Cl2N3O4S. The molecule has 1 aliphatic heterocycles. The Labute approximate surface area is 207 Å². The van der Waals surface area contributed by atoms with Gasteiger partial charge in [-0.2, -0.15) is 9.40 Å². The molecular weight excluding hydrogens is 497 g/mol. The number of methoxy groups -OCH3 is 1. The summed E-state index contributed by atoms with van der Waals surface area (Å²) in [7, 11) is -2.59. The fourth-order valence-electron chi connectivity index (χ4n) is 4.75. The molecule has 1 unspecified atom stereocenters. The van der Waals surface area contributed by atoms with Gasteiger partial charge in [0, 0.05) is 13.1 Å². The van der Waals surface area contributed by atoms with Crippen LogP contribution in [0.4, 0.5) is 0 Å². The van der Waals surface area contributed by atoms with Crippen LogP contribution in [0.5, 0.6) is 0 Å². The van der Waals surface area contributed by atoms with Crippen LogP contribution in [0.25, 0.3) is 11.8 Å². The van der Waals surface area contributed by atoms with Gasteiger partial charge >= 0.3 is 5.97 Å². The molecule has 0 amide bonds. The van der Waals surface area contributed by atoms with E-state index >= 15 is 0 Å². The molecule has 1 saturated heterocycles. The van der Waals surface area contributed by atoms with Crippen molar-refractivity contribution >= 4 is 45.3 Å². The zero-order valence-electron chi connectivity index (χ0n) is 18.2. The van der Waals surface area contributed by atoms with Gasteiger partial charge in [0.2, 0.25) is 10.0 Å². The number of piperidine rings is 1. The van der Waals surface area contributed by atoms with E-state index in [-0.39, 0.29) is 28.0 Å². The number of hydrogen-bond acceptors (Lipinski definition) is 5. The van der Waals surface area contributed by atoms with Gasteiger partial charge in [-0.1, -0.05) is 41.4 Å². The van der Waals surface area contributed by atoms with Crippen LogP contribution >= 0.6 is 23.2 Å². The second-order valence-electron chi connectivity index (χ2n) is 8.39. The van der Waals surface area contributed by atoms with E-state index in [1.54, 1.807) is 6.20 Å². The number of benzene rings is 2. The van der Waals surface area contributed by atoms with Crippen molar-refractivity contribution in [3.63, 3.8) is 0 Å². The summed E-state index contributed by atoms with van der Waals surface area (Å²) in [6.45, 7) is 0.187. The van der Waals surface area contributed by atoms with E-state index in [9.17, 15) is 13.2 Å². The fraction of sp³-hybridized carbons (Fsp3) is 0.250. The first-order valence-corrected chi connectivity index (χ1v) is 12.8. The Morgan fingerprint density at radius 1 is 1.12 bits per heavy atom. The van der Waals surface area contributed by atoms with Crippen LogP contribution in [0.2, 0.25) is 10.0 Å². The van der Waals surface area contributed by atoms with Gasteiger partial charge in [0.05, 0.1) is 39.6 Å². The minimum atomic E-state index is -3.91. The molecule has 1 aliphatic carbocycles. The van der Waals surface area contributed by atoms with Gasteiger partial charge in [-0.3, -0.25) is 4.79 Å². The molecule has 34 heavy (non-hydrogen) atoms. The maximum atomic E-state index is 13.4. The third-order valence-corrected chi connectivity index (χ3v) is 9.07. The third-order valence-electron chi connectivity index (χ3n) is 6.49. The highest BCUT2D eigenvalue weighted by atomic mass is 35.5. The largest absolute Gasteiger partial charge is 0.468 e. The van der Waals surface area contributed by atoms with Crippen molar-refractivity contribution in [2.45, 2.75) is 17.7 Å². The van der Waals surface area contributed by atoms with Crippen LogP contribution in [0.15, 0.2) is 65.2 Å². The van der Waals surface area contributed by atoms with Crippen molar-refractivity contribution in [1.82, 2.24) is 14.1 Å². The van der Waals surface area contributed by atoms with E-state index in [2.05, 4.69) is 5.10 Å². The Bertz CT molecular complexity index is 1420. The number of nitrogens with zero attached hydrogens (tertiary/aromatic N) is 3. The normalized spacial score (nSPS) is 20.3. The van der Waals surface area contributed by atoms with Gasteiger partial charge < -0.3 is 4.74 Å². The number of aromatic nitrogens is 2. The Kier molecular flexibility index (Phi) is 5.80. The maximum Gasteiger partial charge on any atom is 0.317 e. The van der Waals surface area contributed by atoms with E-state index < -0.39 is 21.4 Å². The molecule has 5 rings (SSSR count). The predicted octanol–water partition coefficient (Wildman–Crippen LogP) is 4.37. The first-order valence-electron chi connectivity index (χ1n) is 10.6. The monoisotopic (exact) mass is 517 g/mol. The number of sulfonamides is 1. The van der Waals surface area contributed by atoms with Crippen LogP contribution in [0.3, 0.4) is 0 Å². The molecule has 3 aromatic rings. The van der Waals surface area contributed by atoms with Crippen molar-refractivity contribution in [1.29, 1.82) is 0 Å². The molecule has 0 spiro atoms. The van der Waals surface area contributed by atoms with Crippen molar-refractivity contribution in [3.05, 3.63) is 81.6 Å². The van der Waals surface area contributed by atoms with Crippen molar-refractivity contribution in [2.75, 3.05) is 20.2 Å². The van der Waals surface area contributed by atoms with Gasteiger partial charge in [0.15, 0.2) is 0 Å². The number of halogens is 2. The molecule has 176 valence electrons. The summed E-state index contributed by atoms with van der Waals surface area (Å²) >= 11 is 12.0. The quantitative estimate of drug-likeness (QED) is 0.479. The van der Waals surface area contributed by atoms with Gasteiger partial charge in [-0.15, -0.1) is 0 Å². The molecule has 0 radical (unpaired) electrons. The molecule has 1 atom stereocenters. The number of carbonyl (C=O) groups is 1. The predicted molar refractivity (Wildman–Crippen MR) is 130 cm³/mol.